The van der Waals surface area contributed by atoms with E-state index in [0.29, 0.717) is 11.3 Å². The van der Waals surface area contributed by atoms with Crippen LogP contribution in [0.2, 0.25) is 0 Å². The number of rotatable bonds is 1. The summed E-state index contributed by atoms with van der Waals surface area (Å²) in [5.74, 6) is 0.522. The first kappa shape index (κ1) is 44.6. The van der Waals surface area contributed by atoms with E-state index in [1.807, 2.05) is 30.3 Å². The van der Waals surface area contributed by atoms with Gasteiger partial charge in [-0.2, -0.15) is 71.8 Å². The summed E-state index contributed by atoms with van der Waals surface area (Å²) in [4.78, 5) is 0. The van der Waals surface area contributed by atoms with Gasteiger partial charge in [0, 0.05) is 0 Å². The maximum Gasteiger partial charge on any atom is -0.171 e. The number of halogens is 2. The molecule has 3 heteroatoms. The van der Waals surface area contributed by atoms with Crippen molar-refractivity contribution in [2.24, 2.45) is 11.3 Å². The number of hydrogen-bond donors (Lipinski definition) is 0. The molecule has 0 saturated heterocycles. The summed E-state index contributed by atoms with van der Waals surface area (Å²) in [5.41, 5.74) is 11.9. The van der Waals surface area contributed by atoms with Gasteiger partial charge in [-0.25, -0.2) is 5.57 Å². The van der Waals surface area contributed by atoms with Crippen LogP contribution in [0.4, 0.5) is 0 Å². The average molecular weight is 711 g/mol. The molecule has 44 heavy (non-hydrogen) atoms. The molecule has 242 valence electrons. The Hall–Kier alpha value is -1.53. The summed E-state index contributed by atoms with van der Waals surface area (Å²) in [6.07, 6.45) is 7.98. The third-order valence-electron chi connectivity index (χ3n) is 7.38. The topological polar surface area (TPSA) is 0 Å². The van der Waals surface area contributed by atoms with E-state index in [2.05, 4.69) is 135 Å². The van der Waals surface area contributed by atoms with Gasteiger partial charge < -0.3 is 7.43 Å². The Morgan fingerprint density at radius 1 is 0.795 bits per heavy atom. The molecule has 0 aliphatic heterocycles. The maximum absolute atomic E-state index is 3.67. The van der Waals surface area contributed by atoms with Gasteiger partial charge in [0.25, 0.3) is 0 Å². The fourth-order valence-corrected chi connectivity index (χ4v) is 5.11. The second kappa shape index (κ2) is 19.2. The third-order valence-corrected chi connectivity index (χ3v) is 7.38. The maximum atomic E-state index is 3.67. The van der Waals surface area contributed by atoms with Gasteiger partial charge in [-0.05, 0) is 28.4 Å². The fraction of sp³-hybridized carbons (Fsp3) is 0.415. The normalized spacial score (nSPS) is 14.4. The molecular formula is C41H56Cl2Zr-4. The standard InChI is InChI=1S/C21H25.C12H19.C6H5.CH3.CH2.2ClH.Zr/c1-20(2,3)16-7-9-18-14(12-16)11-15-13-17(21(4,5)6)8-10-19(15)18;1-6-10-7-9(2)8-11(10)12(3,4)5;1-2-4-6-5-3-1;;;;;/h7-10,12H,11H2,1-6H3;8-9H,6H2,1-5H3;1-5H;1H3;1H2;2*1H;/q4*-1;;;;. The van der Waals surface area contributed by atoms with Gasteiger partial charge in [0.15, 0.2) is 0 Å². The molecule has 0 aromatic heterocycles. The third kappa shape index (κ3) is 12.7. The van der Waals surface area contributed by atoms with E-state index >= 15 is 0 Å². The summed E-state index contributed by atoms with van der Waals surface area (Å²) in [7, 11) is 0. The molecule has 1 unspecified atom stereocenters. The van der Waals surface area contributed by atoms with Crippen LogP contribution in [0.25, 0.3) is 11.1 Å². The molecule has 0 spiro atoms. The number of allylic oxidation sites excluding steroid dienone is 4. The van der Waals surface area contributed by atoms with E-state index in [4.69, 9.17) is 0 Å². The van der Waals surface area contributed by atoms with Crippen molar-refractivity contribution in [3.05, 3.63) is 126 Å². The molecule has 0 bridgehead atoms. The number of hydrogen-bond acceptors (Lipinski definition) is 0. The minimum Gasteiger partial charge on any atom is -0.358 e. The molecule has 2 aliphatic carbocycles. The first-order valence-corrected chi connectivity index (χ1v) is 16.7. The van der Waals surface area contributed by atoms with Crippen molar-refractivity contribution in [1.29, 1.82) is 0 Å². The first-order chi connectivity index (χ1) is 19.1. The van der Waals surface area contributed by atoms with Crippen LogP contribution < -0.4 is 0 Å². The molecule has 0 heterocycles. The summed E-state index contributed by atoms with van der Waals surface area (Å²) >= 11 is 1.30. The zero-order valence-corrected chi connectivity index (χ0v) is 33.5. The van der Waals surface area contributed by atoms with Crippen molar-refractivity contribution >= 4 is 29.0 Å². The smallest absolute Gasteiger partial charge is 0.171 e. The van der Waals surface area contributed by atoms with Crippen LogP contribution in [-0.2, 0) is 41.5 Å². The van der Waals surface area contributed by atoms with E-state index in [1.165, 1.54) is 68.8 Å². The second-order valence-corrected chi connectivity index (χ2v) is 14.0. The van der Waals surface area contributed by atoms with Crippen LogP contribution in [0.1, 0.15) is 105 Å². The van der Waals surface area contributed by atoms with E-state index in [9.17, 15) is 0 Å². The summed E-state index contributed by atoms with van der Waals surface area (Å²) in [6.45, 7) is 24.8. The van der Waals surface area contributed by atoms with Gasteiger partial charge in [0.2, 0.25) is 0 Å². The molecule has 0 N–H and O–H groups in total. The second-order valence-electron chi connectivity index (χ2n) is 14.0. The molecule has 2 aliphatic rings. The SMILES string of the molecule is CC(C)(C)c1[c-]c2c(cc1)-c1ccc(C(C)(C)C)cc1C2.CCC1=[C-]C(C)C=C1C(C)(C)C.Cl.Cl.[CH2]=[Zr].[CH3-].[c-]1ccccc1. The van der Waals surface area contributed by atoms with Crippen molar-refractivity contribution in [2.75, 3.05) is 0 Å². The molecule has 0 nitrogen and oxygen atoms in total. The Labute approximate surface area is 299 Å². The fourth-order valence-electron chi connectivity index (χ4n) is 5.11. The van der Waals surface area contributed by atoms with Crippen LogP contribution in [0, 0.1) is 37.0 Å². The largest absolute Gasteiger partial charge is 0.358 e. The van der Waals surface area contributed by atoms with E-state index in [-0.39, 0.29) is 43.1 Å². The number of benzene rings is 3. The molecule has 3 aromatic rings. The van der Waals surface area contributed by atoms with Crippen LogP contribution in [0.5, 0.6) is 0 Å². The molecule has 0 amide bonds. The van der Waals surface area contributed by atoms with Gasteiger partial charge in [0.1, 0.15) is 0 Å². The predicted octanol–water partition coefficient (Wildman–Crippen LogP) is 12.1. The summed E-state index contributed by atoms with van der Waals surface area (Å²) in [6, 6.07) is 27.7. The average Bonchev–Trinajstić information content (AvgIpc) is 3.50. The van der Waals surface area contributed by atoms with Crippen LogP contribution in [0.3, 0.4) is 0 Å². The van der Waals surface area contributed by atoms with Crippen LogP contribution >= 0.6 is 24.8 Å². The van der Waals surface area contributed by atoms with Gasteiger partial charge >= 0.3 is 28.4 Å². The van der Waals surface area contributed by atoms with E-state index < -0.39 is 0 Å². The van der Waals surface area contributed by atoms with E-state index in [1.54, 1.807) is 0 Å². The van der Waals surface area contributed by atoms with Crippen molar-refractivity contribution in [3.8, 4) is 11.1 Å². The monoisotopic (exact) mass is 708 g/mol. The van der Waals surface area contributed by atoms with Crippen molar-refractivity contribution in [2.45, 2.75) is 99.8 Å². The molecule has 0 radical (unpaired) electrons. The molecular weight excluding hydrogens is 655 g/mol. The molecule has 5 rings (SSSR count). The molecule has 0 fully saturated rings. The Morgan fingerprint density at radius 2 is 1.36 bits per heavy atom. The van der Waals surface area contributed by atoms with Crippen molar-refractivity contribution in [3.63, 3.8) is 0 Å². The van der Waals surface area contributed by atoms with Crippen molar-refractivity contribution < 1.29 is 24.2 Å². The predicted molar refractivity (Wildman–Crippen MR) is 198 cm³/mol. The van der Waals surface area contributed by atoms with Gasteiger partial charge in [-0.15, -0.1) is 35.9 Å². The first-order valence-electron chi connectivity index (χ1n) is 14.9. The zero-order valence-electron chi connectivity index (χ0n) is 29.4. The minimum atomic E-state index is 0. The molecule has 1 atom stereocenters. The minimum absolute atomic E-state index is 0. The van der Waals surface area contributed by atoms with Gasteiger partial charge in [0.05, 0.1) is 0 Å². The van der Waals surface area contributed by atoms with E-state index in [0.717, 1.165) is 12.8 Å². The molecule has 3 aromatic carbocycles. The van der Waals surface area contributed by atoms with Crippen LogP contribution in [-0.4, -0.2) is 4.21 Å². The van der Waals surface area contributed by atoms with Crippen LogP contribution in [0.15, 0.2) is 77.9 Å². The Balaban J connectivity index is 0. The zero-order chi connectivity index (χ0) is 31.0. The molecule has 0 saturated carbocycles. The van der Waals surface area contributed by atoms with Gasteiger partial charge in [-0.1, -0.05) is 118 Å². The Bertz CT molecular complexity index is 1240. The summed E-state index contributed by atoms with van der Waals surface area (Å²) < 4.78 is 3.34. The quantitative estimate of drug-likeness (QED) is 0.173. The van der Waals surface area contributed by atoms with Gasteiger partial charge in [-0.3, -0.25) is 6.08 Å². The summed E-state index contributed by atoms with van der Waals surface area (Å²) in [5, 5.41) is 0. The van der Waals surface area contributed by atoms with Crippen molar-refractivity contribution in [1.82, 2.24) is 0 Å². The Kier molecular flexibility index (Phi) is 19.5. The Morgan fingerprint density at radius 3 is 1.77 bits per heavy atom. The number of fused-ring (bicyclic) bond motifs is 3.